The van der Waals surface area contributed by atoms with Crippen LogP contribution >= 0.6 is 0 Å². The van der Waals surface area contributed by atoms with Crippen LogP contribution in [0.4, 0.5) is 11.8 Å². The number of ether oxygens (including phenoxy) is 1. The molecule has 0 aliphatic carbocycles. The lowest BCUT2D eigenvalue weighted by Gasteiger charge is -2.26. The topological polar surface area (TPSA) is 127 Å². The second-order valence-electron chi connectivity index (χ2n) is 9.32. The smallest absolute Gasteiger partial charge is 0.222 e. The van der Waals surface area contributed by atoms with E-state index in [2.05, 4.69) is 56.4 Å². The molecule has 204 valence electrons. The van der Waals surface area contributed by atoms with Crippen molar-refractivity contribution in [3.8, 4) is 5.75 Å². The van der Waals surface area contributed by atoms with E-state index < -0.39 is 10.8 Å². The molecule has 2 aromatic carbocycles. The van der Waals surface area contributed by atoms with Crippen molar-refractivity contribution in [1.82, 2.24) is 19.9 Å². The second kappa shape index (κ2) is 13.0. The van der Waals surface area contributed by atoms with Gasteiger partial charge in [0.1, 0.15) is 16.8 Å². The minimum Gasteiger partial charge on any atom is -0.496 e. The zero-order valence-electron chi connectivity index (χ0n) is 22.4. The Hall–Kier alpha value is -3.21. The lowest BCUT2D eigenvalue weighted by Crippen LogP contribution is -2.47. The van der Waals surface area contributed by atoms with Crippen molar-refractivity contribution in [3.63, 3.8) is 0 Å². The Bertz CT molecular complexity index is 1400. The van der Waals surface area contributed by atoms with Crippen molar-refractivity contribution >= 4 is 44.5 Å². The molecule has 5 N–H and O–H groups in total. The number of hydrogen-bond acceptors (Lipinski definition) is 8. The number of rotatable bonds is 10. The Morgan fingerprint density at radius 3 is 2.66 bits per heavy atom. The van der Waals surface area contributed by atoms with Crippen LogP contribution in [0.3, 0.4) is 0 Å². The van der Waals surface area contributed by atoms with Crippen LogP contribution in [0.15, 0.2) is 42.5 Å². The number of nitrogens with zero attached hydrogens (tertiary/aromatic N) is 3. The fourth-order valence-electron chi connectivity index (χ4n) is 4.63. The summed E-state index contributed by atoms with van der Waals surface area (Å²) >= 11 is 0. The molecule has 0 spiro atoms. The molecule has 38 heavy (non-hydrogen) atoms. The quantitative estimate of drug-likeness (QED) is 0.225. The van der Waals surface area contributed by atoms with E-state index in [1.54, 1.807) is 14.0 Å². The first-order valence-corrected chi connectivity index (χ1v) is 14.6. The maximum absolute atomic E-state index is 11.4. The van der Waals surface area contributed by atoms with Gasteiger partial charge in [-0.15, -0.1) is 0 Å². The lowest BCUT2D eigenvalue weighted by atomic mass is 10.1. The average molecular weight is 539 g/mol. The van der Waals surface area contributed by atoms with E-state index in [-0.39, 0.29) is 12.6 Å². The number of anilines is 2. The van der Waals surface area contributed by atoms with Gasteiger partial charge in [0.05, 0.1) is 19.2 Å². The van der Waals surface area contributed by atoms with Crippen LogP contribution in [-0.2, 0) is 23.9 Å². The highest BCUT2D eigenvalue weighted by atomic mass is 32.2. The van der Waals surface area contributed by atoms with Gasteiger partial charge in [0, 0.05) is 59.0 Å². The second-order valence-corrected chi connectivity index (χ2v) is 10.9. The number of unbranched alkanes of at least 4 members (excludes halogenated alkanes) is 1. The minimum atomic E-state index is -0.658. The maximum atomic E-state index is 11.4. The SMILES string of the molecule is CCCCNc1nc(N)nc2c3ccccc3n(Cc3cc(CNC4CS(=O)C4)ccc3OC)c12.CCO. The van der Waals surface area contributed by atoms with Crippen LogP contribution in [0.25, 0.3) is 21.9 Å². The third-order valence-electron chi connectivity index (χ3n) is 6.49. The highest BCUT2D eigenvalue weighted by Gasteiger charge is 2.24. The molecule has 0 unspecified atom stereocenters. The largest absolute Gasteiger partial charge is 0.496 e. The predicted octanol–water partition coefficient (Wildman–Crippen LogP) is 3.65. The first-order chi connectivity index (χ1) is 18.5. The molecule has 9 nitrogen and oxygen atoms in total. The van der Waals surface area contributed by atoms with E-state index in [1.807, 2.05) is 18.2 Å². The van der Waals surface area contributed by atoms with Crippen LogP contribution in [0.5, 0.6) is 5.75 Å². The minimum absolute atomic E-state index is 0.250. The fourth-order valence-corrected chi connectivity index (χ4v) is 5.67. The van der Waals surface area contributed by atoms with Crippen molar-refractivity contribution in [3.05, 3.63) is 53.6 Å². The Kier molecular flexibility index (Phi) is 9.54. The number of aliphatic hydroxyl groups excluding tert-OH is 1. The molecule has 2 aromatic heterocycles. The zero-order valence-corrected chi connectivity index (χ0v) is 23.2. The number of nitrogens with one attached hydrogen (secondary N) is 2. The summed E-state index contributed by atoms with van der Waals surface area (Å²) < 4.78 is 19.4. The molecule has 1 fully saturated rings. The van der Waals surface area contributed by atoms with E-state index in [0.29, 0.717) is 12.6 Å². The molecule has 10 heteroatoms. The highest BCUT2D eigenvalue weighted by Crippen LogP contribution is 2.34. The molecule has 0 bridgehead atoms. The van der Waals surface area contributed by atoms with Gasteiger partial charge >= 0.3 is 0 Å². The van der Waals surface area contributed by atoms with Crippen molar-refractivity contribution in [1.29, 1.82) is 0 Å². The van der Waals surface area contributed by atoms with Gasteiger partial charge in [0.2, 0.25) is 5.95 Å². The number of aliphatic hydroxyl groups is 1. The number of fused-ring (bicyclic) bond motifs is 3. The number of methoxy groups -OCH3 is 1. The summed E-state index contributed by atoms with van der Waals surface area (Å²) in [6, 6.07) is 14.9. The van der Waals surface area contributed by atoms with Gasteiger partial charge in [0.25, 0.3) is 0 Å². The Morgan fingerprint density at radius 2 is 1.95 bits per heavy atom. The van der Waals surface area contributed by atoms with Crippen LogP contribution < -0.4 is 21.1 Å². The summed E-state index contributed by atoms with van der Waals surface area (Å²) in [5.74, 6) is 3.33. The molecule has 0 atom stereocenters. The molecule has 4 aromatic rings. The molecule has 0 saturated carbocycles. The van der Waals surface area contributed by atoms with Crippen molar-refractivity contribution in [2.45, 2.75) is 45.8 Å². The van der Waals surface area contributed by atoms with E-state index in [0.717, 1.165) is 76.5 Å². The maximum Gasteiger partial charge on any atom is 0.222 e. The molecule has 1 aliphatic rings. The highest BCUT2D eigenvalue weighted by molar-refractivity contribution is 7.86. The standard InChI is InChI=1S/C26H32N6O2S.C2H6O/c1-3-4-11-28-25-24-23(30-26(27)31-25)20-7-5-6-8-21(20)32(24)14-18-12-17(9-10-22(18)34-2)13-29-19-15-35(33)16-19;1-2-3/h5-10,12,19,29H,3-4,11,13-16H2,1-2H3,(H3,27,28,30,31);3H,2H2,1H3. The number of hydrogen-bond donors (Lipinski definition) is 4. The molecular weight excluding hydrogens is 500 g/mol. The Morgan fingerprint density at radius 1 is 1.18 bits per heavy atom. The molecular formula is C28H38N6O3S. The van der Waals surface area contributed by atoms with Gasteiger partial charge in [-0.25, -0.2) is 4.98 Å². The third kappa shape index (κ3) is 6.25. The average Bonchev–Trinajstić information content (AvgIpc) is 3.20. The van der Waals surface area contributed by atoms with E-state index >= 15 is 0 Å². The van der Waals surface area contributed by atoms with Gasteiger partial charge in [0.15, 0.2) is 5.82 Å². The van der Waals surface area contributed by atoms with Crippen LogP contribution in [0.1, 0.15) is 37.8 Å². The van der Waals surface area contributed by atoms with Crippen molar-refractivity contribution in [2.75, 3.05) is 42.8 Å². The monoisotopic (exact) mass is 538 g/mol. The molecule has 0 radical (unpaired) electrons. The Balaban J connectivity index is 0.00000107. The first kappa shape index (κ1) is 27.8. The van der Waals surface area contributed by atoms with Crippen LogP contribution in [-0.4, -0.2) is 61.7 Å². The van der Waals surface area contributed by atoms with E-state index in [9.17, 15) is 4.21 Å². The Labute approximate surface area is 226 Å². The molecule has 1 aliphatic heterocycles. The van der Waals surface area contributed by atoms with Gasteiger partial charge in [-0.05, 0) is 37.1 Å². The molecule has 1 saturated heterocycles. The van der Waals surface area contributed by atoms with Gasteiger partial charge in [-0.3, -0.25) is 4.21 Å². The summed E-state index contributed by atoms with van der Waals surface area (Å²) in [7, 11) is 1.04. The summed E-state index contributed by atoms with van der Waals surface area (Å²) in [5.41, 5.74) is 11.2. The zero-order chi connectivity index (χ0) is 27.1. The van der Waals surface area contributed by atoms with E-state index in [4.69, 9.17) is 15.6 Å². The van der Waals surface area contributed by atoms with Crippen LogP contribution in [0.2, 0.25) is 0 Å². The number of benzene rings is 2. The normalized spacial score (nSPS) is 16.6. The summed E-state index contributed by atoms with van der Waals surface area (Å²) in [5, 5.41) is 15.6. The van der Waals surface area contributed by atoms with E-state index in [1.165, 1.54) is 5.56 Å². The number of nitrogens with two attached hydrogens (primary N) is 1. The summed E-state index contributed by atoms with van der Waals surface area (Å²) in [4.78, 5) is 9.20. The van der Waals surface area contributed by atoms with Crippen molar-refractivity contribution in [2.24, 2.45) is 0 Å². The van der Waals surface area contributed by atoms with Crippen molar-refractivity contribution < 1.29 is 14.1 Å². The lowest BCUT2D eigenvalue weighted by molar-refractivity contribution is 0.318. The molecule has 0 amide bonds. The summed E-state index contributed by atoms with van der Waals surface area (Å²) in [6.07, 6.45) is 2.14. The molecule has 5 rings (SSSR count). The van der Waals surface area contributed by atoms with Gasteiger partial charge < -0.3 is 30.8 Å². The predicted molar refractivity (Wildman–Crippen MR) is 156 cm³/mol. The number of para-hydroxylation sites is 1. The van der Waals surface area contributed by atoms with Gasteiger partial charge in [-0.1, -0.05) is 37.6 Å². The number of nitrogen functional groups attached to an aromatic ring is 1. The number of aromatic nitrogens is 3. The van der Waals surface area contributed by atoms with Crippen LogP contribution in [0, 0.1) is 0 Å². The third-order valence-corrected chi connectivity index (χ3v) is 8.03. The van der Waals surface area contributed by atoms with Gasteiger partial charge in [-0.2, -0.15) is 4.98 Å². The first-order valence-electron chi connectivity index (χ1n) is 13.1. The fraction of sp³-hybridized carbons (Fsp3) is 0.429. The summed E-state index contributed by atoms with van der Waals surface area (Å²) in [6.45, 7) is 6.25. The molecule has 3 heterocycles.